The average molecular weight is 517 g/mol. The summed E-state index contributed by atoms with van der Waals surface area (Å²) >= 11 is 0. The van der Waals surface area contributed by atoms with E-state index in [0.29, 0.717) is 0 Å². The number of rotatable bonds is 4. The van der Waals surface area contributed by atoms with Crippen LogP contribution >= 0.6 is 0 Å². The summed E-state index contributed by atoms with van der Waals surface area (Å²) in [5.41, 5.74) is 7.57. The van der Waals surface area contributed by atoms with Crippen LogP contribution < -0.4 is 0 Å². The molecule has 4 heterocycles. The molecule has 0 amide bonds. The molecule has 198 valence electrons. The summed E-state index contributed by atoms with van der Waals surface area (Å²) in [7, 11) is 0. The molecule has 4 aliphatic heterocycles. The first-order valence-electron chi connectivity index (χ1n) is 14.1. The van der Waals surface area contributed by atoms with Crippen LogP contribution in [0.5, 0.6) is 0 Å². The molecule has 0 unspecified atom stereocenters. The van der Waals surface area contributed by atoms with Crippen molar-refractivity contribution in [1.82, 2.24) is 0 Å². The Morgan fingerprint density at radius 3 is 0.923 bits per heavy atom. The van der Waals surface area contributed by atoms with Crippen molar-refractivity contribution in [3.05, 3.63) is 142 Å². The van der Waals surface area contributed by atoms with E-state index in [9.17, 15) is 0 Å². The Labute approximate surface area is 231 Å². The molecule has 4 aliphatic rings. The fraction of sp³-hybridized carbons (Fsp3) is 0.333. The zero-order valence-corrected chi connectivity index (χ0v) is 23.6. The molecule has 4 aromatic carbocycles. The maximum absolute atomic E-state index is 7.51. The van der Waals surface area contributed by atoms with E-state index < -0.39 is 22.8 Å². The van der Waals surface area contributed by atoms with Gasteiger partial charge >= 0.3 is 0 Å². The topological polar surface area (TPSA) is 27.7 Å². The van der Waals surface area contributed by atoms with Crippen LogP contribution in [0.4, 0.5) is 0 Å². The monoisotopic (exact) mass is 516 g/mol. The maximum atomic E-state index is 7.51. The van der Waals surface area contributed by atoms with Crippen molar-refractivity contribution in [2.24, 2.45) is 11.8 Å². The Bertz CT molecular complexity index is 1420. The van der Waals surface area contributed by atoms with Gasteiger partial charge < -0.3 is 14.2 Å². The molecule has 3 nitrogen and oxygen atoms in total. The van der Waals surface area contributed by atoms with E-state index in [1.54, 1.807) is 0 Å². The van der Waals surface area contributed by atoms with Gasteiger partial charge in [-0.1, -0.05) is 133 Å². The van der Waals surface area contributed by atoms with Gasteiger partial charge in [0.15, 0.2) is 0 Å². The van der Waals surface area contributed by atoms with Crippen LogP contribution in [0, 0.1) is 39.5 Å². The van der Waals surface area contributed by atoms with Crippen LogP contribution in [-0.4, -0.2) is 0 Å². The highest BCUT2D eigenvalue weighted by molar-refractivity contribution is 5.49. The Morgan fingerprint density at radius 2 is 0.641 bits per heavy atom. The molecule has 8 rings (SSSR count). The minimum atomic E-state index is -1.00. The molecule has 4 saturated heterocycles. The van der Waals surface area contributed by atoms with E-state index >= 15 is 0 Å². The highest BCUT2D eigenvalue weighted by Gasteiger charge is 2.88. The van der Waals surface area contributed by atoms with Gasteiger partial charge in [0.25, 0.3) is 0 Å². The molecule has 0 aromatic heterocycles. The van der Waals surface area contributed by atoms with Crippen molar-refractivity contribution in [2.75, 3.05) is 0 Å². The van der Waals surface area contributed by atoms with Crippen molar-refractivity contribution >= 4 is 0 Å². The van der Waals surface area contributed by atoms with E-state index in [1.807, 2.05) is 0 Å². The summed E-state index contributed by atoms with van der Waals surface area (Å²) in [6.07, 6.45) is 0. The summed E-state index contributed by atoms with van der Waals surface area (Å²) < 4.78 is 22.3. The number of hydrogen-bond acceptors (Lipinski definition) is 3. The van der Waals surface area contributed by atoms with Gasteiger partial charge in [-0.2, -0.15) is 0 Å². The van der Waals surface area contributed by atoms with Gasteiger partial charge in [-0.3, -0.25) is 0 Å². The minimum Gasteiger partial charge on any atom is -0.330 e. The molecular formula is C36H36O3. The third-order valence-corrected chi connectivity index (χ3v) is 9.71. The quantitative estimate of drug-likeness (QED) is 0.274. The van der Waals surface area contributed by atoms with Crippen LogP contribution in [-0.2, 0) is 37.0 Å². The second kappa shape index (κ2) is 8.14. The Kier molecular flexibility index (Phi) is 5.17. The largest absolute Gasteiger partial charge is 0.330 e. The van der Waals surface area contributed by atoms with Crippen LogP contribution in [0.2, 0.25) is 0 Å². The lowest BCUT2D eigenvalue weighted by molar-refractivity contribution is -0.449. The molecule has 3 heteroatoms. The van der Waals surface area contributed by atoms with Crippen LogP contribution in [0.15, 0.2) is 97.1 Å². The van der Waals surface area contributed by atoms with Gasteiger partial charge in [0.2, 0.25) is 11.6 Å². The fourth-order valence-corrected chi connectivity index (χ4v) is 7.56. The Morgan fingerprint density at radius 1 is 0.385 bits per heavy atom. The van der Waals surface area contributed by atoms with Crippen LogP contribution in [0.25, 0.3) is 0 Å². The molecule has 0 spiro atoms. The number of hydrogen-bond donors (Lipinski definition) is 0. The zero-order valence-electron chi connectivity index (χ0n) is 23.6. The molecule has 0 saturated carbocycles. The molecule has 0 aliphatic carbocycles. The highest BCUT2D eigenvalue weighted by Crippen LogP contribution is 2.80. The molecular weight excluding hydrogens is 480 g/mol. The second-order valence-electron chi connectivity index (χ2n) is 12.0. The van der Waals surface area contributed by atoms with Crippen molar-refractivity contribution < 1.29 is 14.2 Å². The SMILES string of the molecule is Cc1ccc([C@]23O[C@]4(c5ccc(C)cc5)O[C@](c5ccc(C)cc5)([C@@H]2C)[C@](c2ccc(C)cc2)(O3)[C@H]4C)cc1. The number of aryl methyl sites for hydroxylation is 4. The van der Waals surface area contributed by atoms with Gasteiger partial charge in [-0.05, 0) is 38.8 Å². The van der Waals surface area contributed by atoms with Gasteiger partial charge in [0.05, 0.1) is 11.8 Å². The maximum Gasteiger partial charge on any atom is 0.205 e. The first kappa shape index (κ1) is 24.8. The van der Waals surface area contributed by atoms with Crippen molar-refractivity contribution in [2.45, 2.75) is 64.3 Å². The van der Waals surface area contributed by atoms with Gasteiger partial charge in [0.1, 0.15) is 11.2 Å². The summed E-state index contributed by atoms with van der Waals surface area (Å²) in [4.78, 5) is 0. The van der Waals surface area contributed by atoms with Crippen molar-refractivity contribution in [3.8, 4) is 0 Å². The summed E-state index contributed by atoms with van der Waals surface area (Å²) in [5.74, 6) is -2.28. The van der Waals surface area contributed by atoms with Gasteiger partial charge in [-0.15, -0.1) is 0 Å². The fourth-order valence-electron chi connectivity index (χ4n) is 7.56. The Hall–Kier alpha value is -3.24. The smallest absolute Gasteiger partial charge is 0.205 e. The first-order chi connectivity index (χ1) is 18.7. The first-order valence-corrected chi connectivity index (χ1v) is 14.1. The predicted octanol–water partition coefficient (Wildman–Crippen LogP) is 8.08. The summed E-state index contributed by atoms with van der Waals surface area (Å²) in [5, 5.41) is 0. The lowest BCUT2D eigenvalue weighted by atomic mass is 9.64. The van der Waals surface area contributed by atoms with Gasteiger partial charge in [-0.25, -0.2) is 0 Å². The Balaban J connectivity index is 1.59. The van der Waals surface area contributed by atoms with E-state index in [1.165, 1.54) is 22.3 Å². The third-order valence-electron chi connectivity index (χ3n) is 9.71. The van der Waals surface area contributed by atoms with Crippen LogP contribution in [0.1, 0.15) is 58.4 Å². The van der Waals surface area contributed by atoms with Gasteiger partial charge in [0, 0.05) is 11.1 Å². The molecule has 4 bridgehead atoms. The van der Waals surface area contributed by atoms with Crippen molar-refractivity contribution in [1.29, 1.82) is 0 Å². The number of benzene rings is 4. The molecule has 39 heavy (non-hydrogen) atoms. The molecule has 6 atom stereocenters. The standard InChI is InChI=1S/C36H36O3/c1-23-7-15-29(16-8-23)33-27(5)35(31-19-11-25(3)12-20-31)38-34(33,30-17-9-24(2)10-18-30)28(6)36(37-33,39-35)32-21-13-26(4)14-22-32/h7-22,27-28H,1-6H3/t27-,28+,33-,34-,35+,36+/m0/s1. The summed E-state index contributed by atoms with van der Waals surface area (Å²) in [6.45, 7) is 13.0. The normalized spacial score (nSPS) is 34.5. The van der Waals surface area contributed by atoms with E-state index in [4.69, 9.17) is 14.2 Å². The van der Waals surface area contributed by atoms with Crippen LogP contribution in [0.3, 0.4) is 0 Å². The second-order valence-corrected chi connectivity index (χ2v) is 12.0. The molecule has 0 radical (unpaired) electrons. The predicted molar refractivity (Wildman–Crippen MR) is 153 cm³/mol. The van der Waals surface area contributed by atoms with E-state index in [0.717, 1.165) is 22.3 Å². The van der Waals surface area contributed by atoms with Crippen molar-refractivity contribution in [3.63, 3.8) is 0 Å². The lowest BCUT2D eigenvalue weighted by Gasteiger charge is -2.52. The minimum absolute atomic E-state index is 0.139. The lowest BCUT2D eigenvalue weighted by Crippen LogP contribution is -2.56. The highest BCUT2D eigenvalue weighted by atomic mass is 16.9. The molecule has 4 fully saturated rings. The third kappa shape index (κ3) is 2.99. The average Bonchev–Trinajstić information content (AvgIpc) is 3.19. The molecule has 0 N–H and O–H groups in total. The number of ether oxygens (including phenoxy) is 3. The summed E-state index contributed by atoms with van der Waals surface area (Å²) in [6, 6.07) is 34.9. The van der Waals surface area contributed by atoms with E-state index in [2.05, 4.69) is 139 Å². The van der Waals surface area contributed by atoms with E-state index in [-0.39, 0.29) is 11.8 Å². The molecule has 4 aromatic rings. The zero-order chi connectivity index (χ0) is 27.2.